The molecule has 0 amide bonds. The van der Waals surface area contributed by atoms with Crippen LogP contribution >= 0.6 is 57.7 Å². The highest BCUT2D eigenvalue weighted by Gasteiger charge is 2.31. The van der Waals surface area contributed by atoms with Gasteiger partial charge in [0.2, 0.25) is 0 Å². The molecule has 0 bridgehead atoms. The molecule has 0 unspecified atom stereocenters. The molecule has 8 rings (SSSR count). The molecular formula is C41H31ClF3IN10S2. The molecule has 0 aliphatic heterocycles. The third-order valence-corrected chi connectivity index (χ3v) is 11.5. The normalized spacial score (nSPS) is 11.3. The SMILES string of the molecule is FC(F)(F)c1ccc(Cl)c(CSc2nnc(-c3ccccn3)n2Cc2cccnc2)c1.Ic1ccc(CSc2nnc(-c3ccccn3)n2Cc2cccnc2)cc1. The summed E-state index contributed by atoms with van der Waals surface area (Å²) in [6.07, 6.45) is 6.07. The molecule has 6 heterocycles. The second-order valence-corrected chi connectivity index (χ2v) is 16.0. The Morgan fingerprint density at radius 3 is 1.62 bits per heavy atom. The van der Waals surface area contributed by atoms with Crippen molar-refractivity contribution in [2.75, 3.05) is 0 Å². The minimum atomic E-state index is -4.43. The molecular weight excluding hydrogens is 916 g/mol. The number of benzene rings is 2. The van der Waals surface area contributed by atoms with Crippen molar-refractivity contribution in [3.8, 4) is 23.0 Å². The van der Waals surface area contributed by atoms with E-state index >= 15 is 0 Å². The van der Waals surface area contributed by atoms with Crippen molar-refractivity contribution >= 4 is 57.7 Å². The number of halogens is 5. The fourth-order valence-electron chi connectivity index (χ4n) is 5.53. The summed E-state index contributed by atoms with van der Waals surface area (Å²) < 4.78 is 44.4. The molecule has 0 saturated heterocycles. The maximum atomic E-state index is 13.1. The van der Waals surface area contributed by atoms with Crippen molar-refractivity contribution in [3.05, 3.63) is 177 Å². The van der Waals surface area contributed by atoms with Crippen molar-refractivity contribution in [1.82, 2.24) is 49.5 Å². The van der Waals surface area contributed by atoms with E-state index in [1.807, 2.05) is 59.3 Å². The van der Waals surface area contributed by atoms with Crippen LogP contribution in [0.15, 0.2) is 151 Å². The molecule has 8 aromatic rings. The monoisotopic (exact) mass is 946 g/mol. The lowest BCUT2D eigenvalue weighted by Crippen LogP contribution is -2.06. The Balaban J connectivity index is 0.000000178. The summed E-state index contributed by atoms with van der Waals surface area (Å²) in [5.74, 6) is 2.37. The van der Waals surface area contributed by atoms with Crippen LogP contribution in [0.25, 0.3) is 23.0 Å². The molecule has 6 aromatic heterocycles. The fraction of sp³-hybridized carbons (Fsp3) is 0.122. The van der Waals surface area contributed by atoms with Gasteiger partial charge in [-0.05, 0) is 112 Å². The smallest absolute Gasteiger partial charge is 0.296 e. The number of pyridine rings is 4. The Bertz CT molecular complexity index is 2530. The highest BCUT2D eigenvalue weighted by molar-refractivity contribution is 14.1. The predicted octanol–water partition coefficient (Wildman–Crippen LogP) is 10.4. The van der Waals surface area contributed by atoms with Gasteiger partial charge in [-0.3, -0.25) is 29.1 Å². The van der Waals surface area contributed by atoms with E-state index in [9.17, 15) is 13.2 Å². The first-order valence-electron chi connectivity index (χ1n) is 17.5. The molecule has 292 valence electrons. The maximum absolute atomic E-state index is 13.1. The van der Waals surface area contributed by atoms with Gasteiger partial charge in [0.15, 0.2) is 22.0 Å². The van der Waals surface area contributed by atoms with Crippen LogP contribution in [0.2, 0.25) is 5.02 Å². The number of hydrogen-bond donors (Lipinski definition) is 0. The Hall–Kier alpha value is -5.17. The largest absolute Gasteiger partial charge is 0.416 e. The van der Waals surface area contributed by atoms with Gasteiger partial charge in [0.25, 0.3) is 0 Å². The summed E-state index contributed by atoms with van der Waals surface area (Å²) in [5.41, 5.74) is 4.38. The van der Waals surface area contributed by atoms with E-state index in [0.29, 0.717) is 35.3 Å². The van der Waals surface area contributed by atoms with Crippen molar-refractivity contribution in [2.24, 2.45) is 0 Å². The number of rotatable bonds is 12. The number of hydrogen-bond acceptors (Lipinski definition) is 10. The quantitative estimate of drug-likeness (QED) is 0.0867. The van der Waals surface area contributed by atoms with Crippen LogP contribution in [0, 0.1) is 3.57 Å². The predicted molar refractivity (Wildman–Crippen MR) is 228 cm³/mol. The van der Waals surface area contributed by atoms with Gasteiger partial charge in [-0.15, -0.1) is 20.4 Å². The number of alkyl halides is 3. The number of aromatic nitrogens is 10. The van der Waals surface area contributed by atoms with Crippen LogP contribution in [0.1, 0.15) is 27.8 Å². The van der Waals surface area contributed by atoms with Crippen LogP contribution in [0.4, 0.5) is 13.2 Å². The minimum absolute atomic E-state index is 0.205. The van der Waals surface area contributed by atoms with Gasteiger partial charge in [0, 0.05) is 57.3 Å². The second-order valence-electron chi connectivity index (χ2n) is 12.4. The van der Waals surface area contributed by atoms with Gasteiger partial charge in [0.05, 0.1) is 18.7 Å². The molecule has 0 saturated carbocycles. The highest BCUT2D eigenvalue weighted by atomic mass is 127. The van der Waals surface area contributed by atoms with E-state index in [2.05, 4.69) is 97.8 Å². The summed E-state index contributed by atoms with van der Waals surface area (Å²) >= 11 is 11.4. The van der Waals surface area contributed by atoms with E-state index in [1.165, 1.54) is 27.0 Å². The third kappa shape index (κ3) is 10.9. The first-order chi connectivity index (χ1) is 28.2. The van der Waals surface area contributed by atoms with Crippen LogP contribution in [-0.4, -0.2) is 49.5 Å². The van der Waals surface area contributed by atoms with Crippen molar-refractivity contribution in [1.29, 1.82) is 0 Å². The molecule has 10 nitrogen and oxygen atoms in total. The molecule has 58 heavy (non-hydrogen) atoms. The standard InChI is InChI=1S/C21H15ClF3N5S.C20H16IN5S/c22-17-7-6-16(21(23,24)25)10-15(17)13-31-20-29-28-19(18-5-1-2-9-27-18)30(20)12-14-4-3-8-26-11-14;21-17-8-6-15(7-9-17)14-27-20-25-24-19(18-5-1-2-11-23-18)26(20)13-16-4-3-10-22-12-16/h1-11H,12-13H2;1-12H,13-14H2. The molecule has 0 atom stereocenters. The Kier molecular flexibility index (Phi) is 13.8. The average molecular weight is 947 g/mol. The van der Waals surface area contributed by atoms with Gasteiger partial charge in [-0.1, -0.05) is 71.5 Å². The molecule has 0 aliphatic rings. The van der Waals surface area contributed by atoms with E-state index in [4.69, 9.17) is 11.6 Å². The molecule has 0 fully saturated rings. The van der Waals surface area contributed by atoms with E-state index in [1.54, 1.807) is 48.8 Å². The summed E-state index contributed by atoms with van der Waals surface area (Å²) in [5, 5.41) is 19.1. The zero-order valence-electron chi connectivity index (χ0n) is 30.3. The summed E-state index contributed by atoms with van der Waals surface area (Å²) in [6.45, 7) is 1.09. The highest BCUT2D eigenvalue weighted by Crippen LogP contribution is 2.35. The van der Waals surface area contributed by atoms with Gasteiger partial charge < -0.3 is 0 Å². The van der Waals surface area contributed by atoms with Crippen LogP contribution in [0.5, 0.6) is 0 Å². The third-order valence-electron chi connectivity index (χ3n) is 8.36. The van der Waals surface area contributed by atoms with Crippen molar-refractivity contribution in [2.45, 2.75) is 41.1 Å². The second kappa shape index (κ2) is 19.5. The summed E-state index contributed by atoms with van der Waals surface area (Å²) in [4.78, 5) is 17.1. The lowest BCUT2D eigenvalue weighted by atomic mass is 10.1. The van der Waals surface area contributed by atoms with Gasteiger partial charge in [-0.2, -0.15) is 13.2 Å². The first kappa shape index (κ1) is 41.0. The van der Waals surface area contributed by atoms with Crippen LogP contribution in [-0.2, 0) is 30.8 Å². The van der Waals surface area contributed by atoms with E-state index in [0.717, 1.165) is 45.7 Å². The summed E-state index contributed by atoms with van der Waals surface area (Å²) in [6, 6.07) is 30.9. The molecule has 0 radical (unpaired) electrons. The Labute approximate surface area is 359 Å². The number of thioether (sulfide) groups is 2. The Morgan fingerprint density at radius 2 is 1.14 bits per heavy atom. The van der Waals surface area contributed by atoms with E-state index in [-0.39, 0.29) is 10.8 Å². The topological polar surface area (TPSA) is 113 Å². The average Bonchev–Trinajstić information content (AvgIpc) is 3.84. The molecule has 17 heteroatoms. The molecule has 0 spiro atoms. The zero-order chi connectivity index (χ0) is 40.3. The lowest BCUT2D eigenvalue weighted by molar-refractivity contribution is -0.137. The van der Waals surface area contributed by atoms with Crippen LogP contribution in [0.3, 0.4) is 0 Å². The van der Waals surface area contributed by atoms with Gasteiger partial charge in [-0.25, -0.2) is 0 Å². The number of nitrogens with zero attached hydrogens (tertiary/aromatic N) is 10. The van der Waals surface area contributed by atoms with E-state index < -0.39 is 11.7 Å². The summed E-state index contributed by atoms with van der Waals surface area (Å²) in [7, 11) is 0. The zero-order valence-corrected chi connectivity index (χ0v) is 34.8. The van der Waals surface area contributed by atoms with Gasteiger partial charge >= 0.3 is 6.18 Å². The lowest BCUT2D eigenvalue weighted by Gasteiger charge is -2.12. The first-order valence-corrected chi connectivity index (χ1v) is 21.0. The molecule has 0 aliphatic carbocycles. The van der Waals surface area contributed by atoms with Gasteiger partial charge in [0.1, 0.15) is 11.4 Å². The molecule has 2 aromatic carbocycles. The molecule has 0 N–H and O–H groups in total. The van der Waals surface area contributed by atoms with Crippen LogP contribution < -0.4 is 0 Å². The minimum Gasteiger partial charge on any atom is -0.296 e. The Morgan fingerprint density at radius 1 is 0.586 bits per heavy atom. The van der Waals surface area contributed by atoms with Crippen molar-refractivity contribution in [3.63, 3.8) is 0 Å². The fourth-order valence-corrected chi connectivity index (χ4v) is 7.97. The maximum Gasteiger partial charge on any atom is 0.416 e. The van der Waals surface area contributed by atoms with Crippen molar-refractivity contribution < 1.29 is 13.2 Å².